The van der Waals surface area contributed by atoms with Crippen LogP contribution in [0.1, 0.15) is 22.4 Å². The highest BCUT2D eigenvalue weighted by Crippen LogP contribution is 2.24. The Bertz CT molecular complexity index is 1280. The van der Waals surface area contributed by atoms with Crippen molar-refractivity contribution in [3.05, 3.63) is 89.5 Å². The fourth-order valence-electron chi connectivity index (χ4n) is 3.75. The second-order valence-corrected chi connectivity index (χ2v) is 7.10. The van der Waals surface area contributed by atoms with Gasteiger partial charge in [-0.2, -0.15) is 10.2 Å². The molecular formula is C22H20N6. The lowest BCUT2D eigenvalue weighted by Gasteiger charge is -2.03. The summed E-state index contributed by atoms with van der Waals surface area (Å²) in [5.74, 6) is 0.506. The minimum absolute atomic E-state index is 0.506. The van der Waals surface area contributed by atoms with Crippen LogP contribution in [0.4, 0.5) is 5.82 Å². The van der Waals surface area contributed by atoms with Crippen molar-refractivity contribution in [1.29, 1.82) is 0 Å². The zero-order valence-electron chi connectivity index (χ0n) is 15.6. The molecule has 28 heavy (non-hydrogen) atoms. The van der Waals surface area contributed by atoms with Crippen LogP contribution in [0.15, 0.2) is 67.1 Å². The van der Waals surface area contributed by atoms with Gasteiger partial charge in [-0.15, -0.1) is 0 Å². The molecule has 3 heterocycles. The van der Waals surface area contributed by atoms with E-state index in [-0.39, 0.29) is 0 Å². The van der Waals surface area contributed by atoms with Crippen molar-refractivity contribution in [1.82, 2.24) is 24.4 Å². The predicted molar refractivity (Wildman–Crippen MR) is 110 cm³/mol. The Morgan fingerprint density at radius 1 is 1.00 bits per heavy atom. The average molecular weight is 368 g/mol. The highest BCUT2D eigenvalue weighted by Gasteiger charge is 2.12. The molecule has 0 saturated carbocycles. The van der Waals surface area contributed by atoms with Crippen molar-refractivity contribution >= 4 is 22.2 Å². The first-order valence-electron chi connectivity index (χ1n) is 9.25. The van der Waals surface area contributed by atoms with Gasteiger partial charge < -0.3 is 5.73 Å². The Morgan fingerprint density at radius 2 is 1.86 bits per heavy atom. The van der Waals surface area contributed by atoms with E-state index in [1.54, 1.807) is 0 Å². The monoisotopic (exact) mass is 368 g/mol. The van der Waals surface area contributed by atoms with Crippen molar-refractivity contribution in [2.75, 3.05) is 5.73 Å². The molecule has 0 atom stereocenters. The van der Waals surface area contributed by atoms with E-state index < -0.39 is 0 Å². The van der Waals surface area contributed by atoms with Crippen LogP contribution in [0.5, 0.6) is 0 Å². The molecule has 0 spiro atoms. The molecule has 0 unspecified atom stereocenters. The molecule has 0 aliphatic rings. The van der Waals surface area contributed by atoms with Gasteiger partial charge in [0, 0.05) is 17.3 Å². The lowest BCUT2D eigenvalue weighted by atomic mass is 10.0. The van der Waals surface area contributed by atoms with Crippen LogP contribution in [0.3, 0.4) is 0 Å². The van der Waals surface area contributed by atoms with Crippen LogP contribution in [0.25, 0.3) is 16.4 Å². The molecule has 138 valence electrons. The molecule has 6 nitrogen and oxygen atoms in total. The van der Waals surface area contributed by atoms with Crippen molar-refractivity contribution in [3.8, 4) is 0 Å². The number of rotatable bonds is 4. The van der Waals surface area contributed by atoms with Crippen molar-refractivity contribution in [3.63, 3.8) is 0 Å². The van der Waals surface area contributed by atoms with Gasteiger partial charge in [0.05, 0.1) is 12.1 Å². The van der Waals surface area contributed by atoms with E-state index in [1.165, 1.54) is 17.5 Å². The maximum absolute atomic E-state index is 6.10. The smallest absolute Gasteiger partial charge is 0.151 e. The summed E-state index contributed by atoms with van der Waals surface area (Å²) >= 11 is 0. The quantitative estimate of drug-likeness (QED) is 0.526. The predicted octanol–water partition coefficient (Wildman–Crippen LogP) is 3.61. The lowest BCUT2D eigenvalue weighted by Crippen LogP contribution is -2.01. The number of nitrogens with two attached hydrogens (primary N) is 1. The zero-order valence-corrected chi connectivity index (χ0v) is 15.6. The lowest BCUT2D eigenvalue weighted by molar-refractivity contribution is 0.696. The van der Waals surface area contributed by atoms with Gasteiger partial charge in [-0.25, -0.2) is 9.50 Å². The molecule has 0 radical (unpaired) electrons. The number of fused-ring (bicyclic) bond motifs is 2. The van der Waals surface area contributed by atoms with Gasteiger partial charge in [0.2, 0.25) is 0 Å². The molecular weight excluding hydrogens is 348 g/mol. The van der Waals surface area contributed by atoms with Crippen molar-refractivity contribution in [2.24, 2.45) is 0 Å². The standard InChI is InChI=1S/C22H20N6/c1-15-9-19(21-22(23)24-14-25-28(15)21)10-17-7-8-18-13-27(26-20(18)11-17)12-16-5-3-2-4-6-16/h2-9,11,13-14H,10,12H2,1H3,(H2,23,24,25). The molecule has 0 aliphatic carbocycles. The zero-order chi connectivity index (χ0) is 19.1. The van der Waals surface area contributed by atoms with E-state index in [4.69, 9.17) is 10.8 Å². The van der Waals surface area contributed by atoms with Crippen LogP contribution in [-0.2, 0) is 13.0 Å². The van der Waals surface area contributed by atoms with Gasteiger partial charge >= 0.3 is 0 Å². The topological polar surface area (TPSA) is 74.0 Å². The van der Waals surface area contributed by atoms with Crippen LogP contribution in [-0.4, -0.2) is 24.4 Å². The fourth-order valence-corrected chi connectivity index (χ4v) is 3.75. The van der Waals surface area contributed by atoms with E-state index in [2.05, 4.69) is 64.8 Å². The van der Waals surface area contributed by atoms with Crippen molar-refractivity contribution in [2.45, 2.75) is 19.9 Å². The number of nitrogens with zero attached hydrogens (tertiary/aromatic N) is 5. The first-order valence-corrected chi connectivity index (χ1v) is 9.25. The Kier molecular flexibility index (Phi) is 3.83. The summed E-state index contributed by atoms with van der Waals surface area (Å²) < 4.78 is 3.85. The number of benzene rings is 2. The first kappa shape index (κ1) is 16.5. The van der Waals surface area contributed by atoms with Gasteiger partial charge in [-0.3, -0.25) is 4.68 Å². The first-order chi connectivity index (χ1) is 13.7. The molecule has 5 aromatic rings. The molecule has 3 aromatic heterocycles. The Morgan fingerprint density at radius 3 is 2.71 bits per heavy atom. The molecule has 6 heteroatoms. The minimum atomic E-state index is 0.506. The van der Waals surface area contributed by atoms with E-state index in [0.29, 0.717) is 5.82 Å². The molecule has 0 saturated heterocycles. The third-order valence-corrected chi connectivity index (χ3v) is 5.04. The van der Waals surface area contributed by atoms with E-state index in [9.17, 15) is 0 Å². The Hall–Kier alpha value is -3.67. The summed E-state index contributed by atoms with van der Waals surface area (Å²) in [4.78, 5) is 4.15. The summed E-state index contributed by atoms with van der Waals surface area (Å²) in [6, 6.07) is 18.9. The van der Waals surface area contributed by atoms with Gasteiger partial charge in [-0.1, -0.05) is 42.5 Å². The van der Waals surface area contributed by atoms with Crippen molar-refractivity contribution < 1.29 is 0 Å². The fraction of sp³-hybridized carbons (Fsp3) is 0.136. The number of nitrogen functional groups attached to an aromatic ring is 1. The molecule has 5 rings (SSSR count). The maximum atomic E-state index is 6.10. The minimum Gasteiger partial charge on any atom is -0.382 e. The number of hydrogen-bond donors (Lipinski definition) is 1. The highest BCUT2D eigenvalue weighted by atomic mass is 15.3. The normalized spacial score (nSPS) is 11.5. The summed E-state index contributed by atoms with van der Waals surface area (Å²) in [6.07, 6.45) is 4.34. The summed E-state index contributed by atoms with van der Waals surface area (Å²) in [7, 11) is 0. The second kappa shape index (κ2) is 6.49. The van der Waals surface area contributed by atoms with Crippen LogP contribution >= 0.6 is 0 Å². The molecule has 0 aliphatic heterocycles. The summed E-state index contributed by atoms with van der Waals surface area (Å²) in [5, 5.41) is 10.2. The third kappa shape index (κ3) is 2.89. The van der Waals surface area contributed by atoms with Crippen LogP contribution < -0.4 is 5.73 Å². The van der Waals surface area contributed by atoms with E-state index in [0.717, 1.165) is 40.6 Å². The SMILES string of the molecule is Cc1cc(Cc2ccc3cn(Cc4ccccc4)nc3c2)c2c(N)ncnn12. The Balaban J connectivity index is 1.47. The maximum Gasteiger partial charge on any atom is 0.151 e. The van der Waals surface area contributed by atoms with Gasteiger partial charge in [0.1, 0.15) is 11.8 Å². The molecule has 0 fully saturated rings. The third-order valence-electron chi connectivity index (χ3n) is 5.04. The number of anilines is 1. The highest BCUT2D eigenvalue weighted by molar-refractivity contribution is 5.79. The van der Waals surface area contributed by atoms with Crippen LogP contribution in [0, 0.1) is 6.92 Å². The van der Waals surface area contributed by atoms with Gasteiger partial charge in [-0.05, 0) is 42.2 Å². The van der Waals surface area contributed by atoms with Crippen LogP contribution in [0.2, 0.25) is 0 Å². The largest absolute Gasteiger partial charge is 0.382 e. The van der Waals surface area contributed by atoms with E-state index in [1.807, 2.05) is 22.2 Å². The molecule has 0 bridgehead atoms. The average Bonchev–Trinajstić information content (AvgIpc) is 3.23. The van der Waals surface area contributed by atoms with Gasteiger partial charge in [0.15, 0.2) is 5.82 Å². The molecule has 2 aromatic carbocycles. The summed E-state index contributed by atoms with van der Waals surface area (Å²) in [5.41, 5.74) is 12.6. The molecule has 0 amide bonds. The van der Waals surface area contributed by atoms with E-state index >= 15 is 0 Å². The number of aromatic nitrogens is 5. The molecule has 2 N–H and O–H groups in total. The number of hydrogen-bond acceptors (Lipinski definition) is 4. The van der Waals surface area contributed by atoms with Gasteiger partial charge in [0.25, 0.3) is 0 Å². The Labute approximate surface area is 162 Å². The second-order valence-electron chi connectivity index (χ2n) is 7.10. The number of aryl methyl sites for hydroxylation is 1. The summed E-state index contributed by atoms with van der Waals surface area (Å²) in [6.45, 7) is 2.79.